The zero-order valence-electron chi connectivity index (χ0n) is 15.1. The topological polar surface area (TPSA) is 112 Å². The molecule has 1 unspecified atom stereocenters. The highest BCUT2D eigenvalue weighted by Gasteiger charge is 2.44. The highest BCUT2D eigenvalue weighted by molar-refractivity contribution is 5.24. The fraction of sp³-hybridized carbons (Fsp3) is 0.450. The quantitative estimate of drug-likeness (QED) is 0.584. The second kappa shape index (κ2) is 8.33. The average molecular weight is 375 g/mol. The Morgan fingerprint density at radius 1 is 0.963 bits per heavy atom. The van der Waals surface area contributed by atoms with Crippen molar-refractivity contribution in [1.29, 1.82) is 0 Å². The molecule has 4 N–H and O–H groups in total. The summed E-state index contributed by atoms with van der Waals surface area (Å²) in [4.78, 5) is 12.2. The number of hydrogen-bond acceptors (Lipinski definition) is 6. The standard InChI is InChI=1S/C20H25NO6/c1-2-12-3-5-13(6-4-12)9-21-10-14(7-8-16(21)23)20-19(26)18(25)17(24)15(11-22)27-20/h3-8,10,15,17-20,22,24-26H,2,9,11H2,1H3/t15-,17-,18+,19-,20?/m1/s1. The first kappa shape index (κ1) is 19.7. The van der Waals surface area contributed by atoms with Gasteiger partial charge in [-0.3, -0.25) is 4.79 Å². The van der Waals surface area contributed by atoms with Crippen LogP contribution >= 0.6 is 0 Å². The summed E-state index contributed by atoms with van der Waals surface area (Å²) in [5.74, 6) is 0. The zero-order chi connectivity index (χ0) is 19.6. The number of ether oxygens (including phenoxy) is 1. The van der Waals surface area contributed by atoms with Crippen LogP contribution in [0.4, 0.5) is 0 Å². The van der Waals surface area contributed by atoms with E-state index in [4.69, 9.17) is 4.74 Å². The van der Waals surface area contributed by atoms with Gasteiger partial charge in [0.25, 0.3) is 5.56 Å². The Hall–Kier alpha value is -2.03. The van der Waals surface area contributed by atoms with E-state index < -0.39 is 37.1 Å². The second-order valence-electron chi connectivity index (χ2n) is 6.85. The van der Waals surface area contributed by atoms with Crippen LogP contribution < -0.4 is 5.56 Å². The van der Waals surface area contributed by atoms with Crippen molar-refractivity contribution in [3.8, 4) is 0 Å². The van der Waals surface area contributed by atoms with Gasteiger partial charge in [-0.25, -0.2) is 0 Å². The minimum absolute atomic E-state index is 0.206. The van der Waals surface area contributed by atoms with Crippen LogP contribution in [0.3, 0.4) is 0 Å². The largest absolute Gasteiger partial charge is 0.394 e. The molecule has 5 atom stereocenters. The first-order valence-electron chi connectivity index (χ1n) is 9.03. The molecule has 0 radical (unpaired) electrons. The lowest BCUT2D eigenvalue weighted by atomic mass is 9.92. The molecule has 0 amide bonds. The molecule has 146 valence electrons. The minimum Gasteiger partial charge on any atom is -0.394 e. The maximum atomic E-state index is 12.2. The maximum absolute atomic E-state index is 12.2. The van der Waals surface area contributed by atoms with Crippen molar-refractivity contribution in [3.63, 3.8) is 0 Å². The lowest BCUT2D eigenvalue weighted by Crippen LogP contribution is -2.55. The predicted octanol–water partition coefficient (Wildman–Crippen LogP) is -0.0261. The van der Waals surface area contributed by atoms with Gasteiger partial charge < -0.3 is 29.7 Å². The van der Waals surface area contributed by atoms with Gasteiger partial charge in [-0.2, -0.15) is 0 Å². The van der Waals surface area contributed by atoms with Crippen LogP contribution in [0.15, 0.2) is 47.4 Å². The lowest BCUT2D eigenvalue weighted by molar-refractivity contribution is -0.231. The summed E-state index contributed by atoms with van der Waals surface area (Å²) in [6, 6.07) is 10.9. The Labute approximate surface area is 157 Å². The SMILES string of the molecule is CCc1ccc(Cn2cc(C3O[C@H](CO)[C@@H](O)[C@H](O)[C@H]3O)ccc2=O)cc1. The summed E-state index contributed by atoms with van der Waals surface area (Å²) in [5, 5.41) is 39.5. The average Bonchev–Trinajstić information content (AvgIpc) is 2.69. The summed E-state index contributed by atoms with van der Waals surface area (Å²) in [7, 11) is 0. The number of aliphatic hydroxyl groups is 4. The van der Waals surface area contributed by atoms with E-state index in [1.54, 1.807) is 6.20 Å². The number of aryl methyl sites for hydroxylation is 1. The van der Waals surface area contributed by atoms with Crippen LogP contribution in [0, 0.1) is 0 Å². The van der Waals surface area contributed by atoms with Gasteiger partial charge in [-0.1, -0.05) is 31.2 Å². The van der Waals surface area contributed by atoms with E-state index in [0.717, 1.165) is 12.0 Å². The van der Waals surface area contributed by atoms with Gasteiger partial charge in [-0.05, 0) is 23.6 Å². The van der Waals surface area contributed by atoms with E-state index in [2.05, 4.69) is 6.92 Å². The molecule has 1 saturated heterocycles. The molecular formula is C20H25NO6. The van der Waals surface area contributed by atoms with Gasteiger partial charge in [0.15, 0.2) is 0 Å². The monoisotopic (exact) mass is 375 g/mol. The smallest absolute Gasteiger partial charge is 0.250 e. The van der Waals surface area contributed by atoms with E-state index in [1.807, 2.05) is 24.3 Å². The molecule has 1 fully saturated rings. The number of hydrogen-bond donors (Lipinski definition) is 4. The normalized spacial score (nSPS) is 28.3. The minimum atomic E-state index is -1.46. The van der Waals surface area contributed by atoms with E-state index in [1.165, 1.54) is 22.3 Å². The summed E-state index contributed by atoms with van der Waals surface area (Å²) in [6.07, 6.45) is -3.69. The lowest BCUT2D eigenvalue weighted by Gasteiger charge is -2.40. The highest BCUT2D eigenvalue weighted by Crippen LogP contribution is 2.31. The summed E-state index contributed by atoms with van der Waals surface area (Å²) in [5.41, 5.74) is 2.45. The summed E-state index contributed by atoms with van der Waals surface area (Å²) in [6.45, 7) is 1.93. The van der Waals surface area contributed by atoms with E-state index >= 15 is 0 Å². The van der Waals surface area contributed by atoms with Gasteiger partial charge in [0, 0.05) is 17.8 Å². The van der Waals surface area contributed by atoms with Crippen molar-refractivity contribution < 1.29 is 25.2 Å². The molecule has 7 nitrogen and oxygen atoms in total. The van der Waals surface area contributed by atoms with Crippen molar-refractivity contribution in [2.75, 3.05) is 6.61 Å². The number of aromatic nitrogens is 1. The number of pyridine rings is 1. The zero-order valence-corrected chi connectivity index (χ0v) is 15.1. The Kier molecular flexibility index (Phi) is 6.08. The Balaban J connectivity index is 1.86. The van der Waals surface area contributed by atoms with Crippen molar-refractivity contribution in [1.82, 2.24) is 4.57 Å². The number of aliphatic hydroxyl groups excluding tert-OH is 4. The van der Waals surface area contributed by atoms with E-state index in [-0.39, 0.29) is 5.56 Å². The van der Waals surface area contributed by atoms with Crippen LogP contribution in [0.2, 0.25) is 0 Å². The number of benzene rings is 1. The number of rotatable bonds is 5. The molecular weight excluding hydrogens is 350 g/mol. The molecule has 2 aromatic rings. The highest BCUT2D eigenvalue weighted by atomic mass is 16.5. The van der Waals surface area contributed by atoms with Crippen LogP contribution in [0.25, 0.3) is 0 Å². The third kappa shape index (κ3) is 4.12. The molecule has 7 heteroatoms. The molecule has 0 bridgehead atoms. The van der Waals surface area contributed by atoms with Crippen molar-refractivity contribution >= 4 is 0 Å². The van der Waals surface area contributed by atoms with Crippen molar-refractivity contribution in [2.24, 2.45) is 0 Å². The van der Waals surface area contributed by atoms with Gasteiger partial charge in [0.1, 0.15) is 30.5 Å². The van der Waals surface area contributed by atoms with Crippen molar-refractivity contribution in [2.45, 2.75) is 50.4 Å². The molecule has 2 heterocycles. The third-order valence-electron chi connectivity index (χ3n) is 5.01. The summed E-state index contributed by atoms with van der Waals surface area (Å²) < 4.78 is 7.06. The van der Waals surface area contributed by atoms with Gasteiger partial charge in [0.2, 0.25) is 0 Å². The van der Waals surface area contributed by atoms with Crippen LogP contribution in [-0.4, -0.2) is 56.0 Å². The Morgan fingerprint density at radius 2 is 1.63 bits per heavy atom. The third-order valence-corrected chi connectivity index (χ3v) is 5.01. The Bertz CT molecular complexity index is 816. The van der Waals surface area contributed by atoms with Crippen LogP contribution in [0.1, 0.15) is 29.7 Å². The molecule has 1 aromatic carbocycles. The molecule has 1 aromatic heterocycles. The first-order valence-corrected chi connectivity index (χ1v) is 9.03. The predicted molar refractivity (Wildman–Crippen MR) is 98.3 cm³/mol. The van der Waals surface area contributed by atoms with Gasteiger partial charge >= 0.3 is 0 Å². The molecule has 1 aliphatic rings. The van der Waals surface area contributed by atoms with Gasteiger partial charge in [0.05, 0.1) is 13.2 Å². The molecule has 3 rings (SSSR count). The first-order chi connectivity index (χ1) is 12.9. The van der Waals surface area contributed by atoms with E-state index in [0.29, 0.717) is 12.1 Å². The fourth-order valence-electron chi connectivity index (χ4n) is 3.30. The molecule has 0 aliphatic carbocycles. The molecule has 1 aliphatic heterocycles. The van der Waals surface area contributed by atoms with Crippen LogP contribution in [0.5, 0.6) is 0 Å². The summed E-state index contributed by atoms with van der Waals surface area (Å²) >= 11 is 0. The van der Waals surface area contributed by atoms with Crippen LogP contribution in [-0.2, 0) is 17.7 Å². The van der Waals surface area contributed by atoms with Gasteiger partial charge in [-0.15, -0.1) is 0 Å². The van der Waals surface area contributed by atoms with Crippen molar-refractivity contribution in [3.05, 3.63) is 69.6 Å². The molecule has 0 spiro atoms. The molecule has 0 saturated carbocycles. The Morgan fingerprint density at radius 3 is 2.26 bits per heavy atom. The maximum Gasteiger partial charge on any atom is 0.250 e. The fourth-order valence-corrected chi connectivity index (χ4v) is 3.30. The second-order valence-corrected chi connectivity index (χ2v) is 6.85. The number of nitrogens with zero attached hydrogens (tertiary/aromatic N) is 1. The van der Waals surface area contributed by atoms with E-state index in [9.17, 15) is 25.2 Å². The molecule has 27 heavy (non-hydrogen) atoms.